The molecule has 1 heterocycles. The third-order valence-electron chi connectivity index (χ3n) is 5.17. The molecule has 3 aromatic rings. The van der Waals surface area contributed by atoms with Crippen LogP contribution in [0.15, 0.2) is 42.5 Å². The van der Waals surface area contributed by atoms with E-state index in [9.17, 15) is 23.1 Å². The minimum Gasteiger partial charge on any atom is -0.483 e. The average molecular weight is 477 g/mol. The molecule has 3 rings (SSSR count). The van der Waals surface area contributed by atoms with Gasteiger partial charge in [-0.05, 0) is 70.5 Å². The van der Waals surface area contributed by atoms with Gasteiger partial charge in [0.2, 0.25) is 0 Å². The van der Waals surface area contributed by atoms with Crippen molar-refractivity contribution in [3.63, 3.8) is 0 Å². The van der Waals surface area contributed by atoms with Crippen molar-refractivity contribution in [1.82, 2.24) is 14.8 Å². The molecule has 0 fully saturated rings. The molecule has 1 aromatic heterocycles. The van der Waals surface area contributed by atoms with Crippen LogP contribution >= 0.6 is 0 Å². The molecule has 0 spiro atoms. The fourth-order valence-corrected chi connectivity index (χ4v) is 3.20. The van der Waals surface area contributed by atoms with E-state index in [1.807, 2.05) is 6.92 Å². The summed E-state index contributed by atoms with van der Waals surface area (Å²) >= 11 is 0. The quantitative estimate of drug-likeness (QED) is 0.450. The first-order valence-corrected chi connectivity index (χ1v) is 10.6. The van der Waals surface area contributed by atoms with Crippen LogP contribution in [-0.4, -0.2) is 31.4 Å². The van der Waals surface area contributed by atoms with E-state index in [4.69, 9.17) is 9.47 Å². The number of hydrogen-bond donors (Lipinski definition) is 1. The van der Waals surface area contributed by atoms with Crippen LogP contribution < -0.4 is 9.47 Å². The van der Waals surface area contributed by atoms with Gasteiger partial charge in [-0.2, -0.15) is 18.3 Å². The summed E-state index contributed by atoms with van der Waals surface area (Å²) in [6, 6.07) is 9.72. The molecule has 0 radical (unpaired) electrons. The van der Waals surface area contributed by atoms with Crippen molar-refractivity contribution >= 4 is 5.97 Å². The maximum atomic E-state index is 12.8. The van der Waals surface area contributed by atoms with Crippen LogP contribution in [0.5, 0.6) is 11.5 Å². The smallest absolute Gasteiger partial charge is 0.416 e. The van der Waals surface area contributed by atoms with Crippen LogP contribution in [0.3, 0.4) is 0 Å². The molecule has 1 N–H and O–H groups in total. The van der Waals surface area contributed by atoms with Gasteiger partial charge in [-0.1, -0.05) is 12.1 Å². The Morgan fingerprint density at radius 2 is 1.79 bits per heavy atom. The Morgan fingerprint density at radius 3 is 2.32 bits per heavy atom. The van der Waals surface area contributed by atoms with Crippen LogP contribution in [-0.2, 0) is 17.5 Å². The first-order valence-electron chi connectivity index (χ1n) is 10.6. The van der Waals surface area contributed by atoms with Gasteiger partial charge in [0.1, 0.15) is 11.5 Å². The summed E-state index contributed by atoms with van der Waals surface area (Å²) in [7, 11) is 0. The number of aryl methyl sites for hydroxylation is 2. The van der Waals surface area contributed by atoms with E-state index >= 15 is 0 Å². The van der Waals surface area contributed by atoms with Crippen molar-refractivity contribution in [2.75, 3.05) is 0 Å². The summed E-state index contributed by atoms with van der Waals surface area (Å²) in [5.41, 5.74) is -0.960. The van der Waals surface area contributed by atoms with E-state index in [1.165, 1.54) is 26.0 Å². The lowest BCUT2D eigenvalue weighted by atomic mass is 10.1. The molecule has 0 aliphatic rings. The SMILES string of the molecule is CCn1nc(-c2ccc(C(F)(F)F)cc2)nc1C(C)Oc1ccc(OC(C)(C)C(=O)O)c(C)c1. The number of alkyl halides is 3. The highest BCUT2D eigenvalue weighted by atomic mass is 19.4. The molecular formula is C24H26F3N3O4. The average Bonchev–Trinajstić information content (AvgIpc) is 3.20. The molecule has 0 aliphatic carbocycles. The Labute approximate surface area is 195 Å². The van der Waals surface area contributed by atoms with Gasteiger partial charge in [0, 0.05) is 12.1 Å². The number of halogens is 3. The number of ether oxygens (including phenoxy) is 2. The zero-order valence-corrected chi connectivity index (χ0v) is 19.5. The summed E-state index contributed by atoms with van der Waals surface area (Å²) in [5, 5.41) is 13.7. The van der Waals surface area contributed by atoms with Gasteiger partial charge in [-0.15, -0.1) is 0 Å². The highest BCUT2D eigenvalue weighted by Gasteiger charge is 2.31. The summed E-state index contributed by atoms with van der Waals surface area (Å²) in [6.45, 7) is 8.87. The number of benzene rings is 2. The minimum atomic E-state index is -4.41. The Kier molecular flexibility index (Phi) is 6.90. The monoisotopic (exact) mass is 477 g/mol. The van der Waals surface area contributed by atoms with Gasteiger partial charge in [0.15, 0.2) is 23.4 Å². The molecule has 0 saturated heterocycles. The van der Waals surface area contributed by atoms with Crippen molar-refractivity contribution in [1.29, 1.82) is 0 Å². The summed E-state index contributed by atoms with van der Waals surface area (Å²) in [6.07, 6.45) is -4.93. The Hall–Kier alpha value is -3.56. The Morgan fingerprint density at radius 1 is 1.15 bits per heavy atom. The summed E-state index contributed by atoms with van der Waals surface area (Å²) in [4.78, 5) is 15.8. The summed E-state index contributed by atoms with van der Waals surface area (Å²) in [5.74, 6) is 0.684. The highest BCUT2D eigenvalue weighted by molar-refractivity contribution is 5.76. The molecule has 0 bridgehead atoms. The molecular weight excluding hydrogens is 451 g/mol. The molecule has 0 aliphatic heterocycles. The van der Waals surface area contributed by atoms with Crippen molar-refractivity contribution in [2.24, 2.45) is 0 Å². The predicted molar refractivity (Wildman–Crippen MR) is 119 cm³/mol. The second kappa shape index (κ2) is 9.36. The Bertz CT molecular complexity index is 1170. The molecule has 2 aromatic carbocycles. The molecule has 0 amide bonds. The molecule has 0 saturated carbocycles. The number of carbonyl (C=O) groups is 1. The third-order valence-corrected chi connectivity index (χ3v) is 5.17. The fraction of sp³-hybridized carbons (Fsp3) is 0.375. The standard InChI is InChI=1S/C24H26F3N3O4/c1-6-30-21(28-20(29-30)16-7-9-17(10-8-16)24(25,26)27)15(3)33-18-11-12-19(14(2)13-18)34-23(4,5)22(31)32/h7-13,15H,6H2,1-5H3,(H,31,32). The maximum absolute atomic E-state index is 12.8. The topological polar surface area (TPSA) is 86.5 Å². The van der Waals surface area contributed by atoms with Crippen LogP contribution in [0, 0.1) is 6.92 Å². The molecule has 1 unspecified atom stereocenters. The number of aliphatic carboxylic acids is 1. The van der Waals surface area contributed by atoms with E-state index in [1.54, 1.807) is 36.7 Å². The molecule has 1 atom stereocenters. The Balaban J connectivity index is 1.80. The van der Waals surface area contributed by atoms with Gasteiger partial charge >= 0.3 is 12.1 Å². The van der Waals surface area contributed by atoms with E-state index in [-0.39, 0.29) is 0 Å². The lowest BCUT2D eigenvalue weighted by Crippen LogP contribution is -2.38. The number of hydrogen-bond acceptors (Lipinski definition) is 5. The van der Waals surface area contributed by atoms with Crippen LogP contribution in [0.4, 0.5) is 13.2 Å². The lowest BCUT2D eigenvalue weighted by Gasteiger charge is -2.23. The number of aromatic nitrogens is 3. The predicted octanol–water partition coefficient (Wildman–Crippen LogP) is 5.67. The first kappa shape index (κ1) is 25.1. The number of carboxylic acids is 1. The second-order valence-electron chi connectivity index (χ2n) is 8.29. The van der Waals surface area contributed by atoms with Crippen LogP contribution in [0.2, 0.25) is 0 Å². The number of carboxylic acid groups (broad SMARTS) is 1. The molecule has 182 valence electrons. The van der Waals surface area contributed by atoms with Gasteiger partial charge in [-0.25, -0.2) is 14.5 Å². The largest absolute Gasteiger partial charge is 0.483 e. The van der Waals surface area contributed by atoms with E-state index in [0.29, 0.717) is 40.8 Å². The fourth-order valence-electron chi connectivity index (χ4n) is 3.20. The van der Waals surface area contributed by atoms with E-state index < -0.39 is 29.4 Å². The van der Waals surface area contributed by atoms with Crippen LogP contribution in [0.1, 0.15) is 50.8 Å². The third kappa shape index (κ3) is 5.49. The van der Waals surface area contributed by atoms with E-state index in [0.717, 1.165) is 12.1 Å². The van der Waals surface area contributed by atoms with Gasteiger partial charge in [0.25, 0.3) is 0 Å². The van der Waals surface area contributed by atoms with Gasteiger partial charge in [-0.3, -0.25) is 0 Å². The lowest BCUT2D eigenvalue weighted by molar-refractivity contribution is -0.152. The summed E-state index contributed by atoms with van der Waals surface area (Å²) < 4.78 is 51.8. The van der Waals surface area contributed by atoms with Gasteiger partial charge in [0.05, 0.1) is 5.56 Å². The normalized spacial score (nSPS) is 12.9. The van der Waals surface area contributed by atoms with Gasteiger partial charge < -0.3 is 14.6 Å². The molecule has 7 nitrogen and oxygen atoms in total. The van der Waals surface area contributed by atoms with Crippen molar-refractivity contribution in [3.8, 4) is 22.9 Å². The van der Waals surface area contributed by atoms with Crippen molar-refractivity contribution < 1.29 is 32.5 Å². The van der Waals surface area contributed by atoms with Crippen LogP contribution in [0.25, 0.3) is 11.4 Å². The van der Waals surface area contributed by atoms with Crippen molar-refractivity contribution in [2.45, 2.75) is 59.0 Å². The zero-order chi connectivity index (χ0) is 25.3. The highest BCUT2D eigenvalue weighted by Crippen LogP contribution is 2.32. The number of nitrogens with zero attached hydrogens (tertiary/aromatic N) is 3. The first-order chi connectivity index (χ1) is 15.8. The second-order valence-corrected chi connectivity index (χ2v) is 8.29. The minimum absolute atomic E-state index is 0.303. The zero-order valence-electron chi connectivity index (χ0n) is 19.5. The van der Waals surface area contributed by atoms with E-state index in [2.05, 4.69) is 10.1 Å². The number of rotatable bonds is 8. The maximum Gasteiger partial charge on any atom is 0.416 e. The molecule has 34 heavy (non-hydrogen) atoms. The molecule has 10 heteroatoms. The van der Waals surface area contributed by atoms with Crippen molar-refractivity contribution in [3.05, 3.63) is 59.4 Å².